The summed E-state index contributed by atoms with van der Waals surface area (Å²) in [7, 11) is 2.16. The number of benzene rings is 1. The third-order valence-corrected chi connectivity index (χ3v) is 3.55. The number of aliphatic hydroxyl groups is 1. The molecule has 1 atom stereocenters. The third kappa shape index (κ3) is 2.61. The average Bonchev–Trinajstić information content (AvgIpc) is 2.30. The fourth-order valence-corrected chi connectivity index (χ4v) is 2.62. The van der Waals surface area contributed by atoms with E-state index in [0.29, 0.717) is 6.04 Å². The van der Waals surface area contributed by atoms with E-state index < -0.39 is 0 Å². The molecule has 2 rings (SSSR count). The molecule has 0 amide bonds. The van der Waals surface area contributed by atoms with Gasteiger partial charge >= 0.3 is 0 Å². The second-order valence-corrected chi connectivity index (χ2v) is 5.09. The highest BCUT2D eigenvalue weighted by Gasteiger charge is 2.23. The molecule has 0 radical (unpaired) electrons. The minimum Gasteiger partial charge on any atom is -0.392 e. The Morgan fingerprint density at radius 2 is 2.12 bits per heavy atom. The van der Waals surface area contributed by atoms with Gasteiger partial charge in [0.15, 0.2) is 0 Å². The zero-order chi connectivity index (χ0) is 12.4. The molecule has 1 heterocycles. The number of hydrogen-bond acceptors (Lipinski definition) is 3. The zero-order valence-electron chi connectivity index (χ0n) is 11.0. The summed E-state index contributed by atoms with van der Waals surface area (Å²) in [5, 5.41) is 9.47. The van der Waals surface area contributed by atoms with Gasteiger partial charge in [0.25, 0.3) is 0 Å². The molecule has 1 N–H and O–H groups in total. The Bertz CT molecular complexity index is 392. The smallest absolute Gasteiger partial charge is 0.0702 e. The van der Waals surface area contributed by atoms with Crippen molar-refractivity contribution in [1.82, 2.24) is 4.90 Å². The van der Waals surface area contributed by atoms with Gasteiger partial charge in [0.2, 0.25) is 0 Å². The fourth-order valence-electron chi connectivity index (χ4n) is 2.62. The van der Waals surface area contributed by atoms with Gasteiger partial charge < -0.3 is 14.9 Å². The quantitative estimate of drug-likeness (QED) is 0.842. The SMILES string of the molecule is Cc1ccc(N2CCN(C)CC2C)c(CO)c1. The average molecular weight is 234 g/mol. The lowest BCUT2D eigenvalue weighted by molar-refractivity contribution is 0.269. The first-order valence-corrected chi connectivity index (χ1v) is 6.27. The van der Waals surface area contributed by atoms with Crippen LogP contribution in [0.4, 0.5) is 5.69 Å². The lowest BCUT2D eigenvalue weighted by Gasteiger charge is -2.40. The Kier molecular flexibility index (Phi) is 3.69. The van der Waals surface area contributed by atoms with E-state index in [1.165, 1.54) is 11.3 Å². The van der Waals surface area contributed by atoms with Crippen LogP contribution >= 0.6 is 0 Å². The molecule has 0 spiro atoms. The van der Waals surface area contributed by atoms with Gasteiger partial charge in [-0.2, -0.15) is 0 Å². The number of likely N-dealkylation sites (N-methyl/N-ethyl adjacent to an activating group) is 1. The van der Waals surface area contributed by atoms with E-state index in [-0.39, 0.29) is 6.61 Å². The van der Waals surface area contributed by atoms with Crippen molar-refractivity contribution < 1.29 is 5.11 Å². The van der Waals surface area contributed by atoms with Crippen LogP contribution in [-0.4, -0.2) is 42.7 Å². The summed E-state index contributed by atoms with van der Waals surface area (Å²) in [6, 6.07) is 6.85. The normalized spacial score (nSPS) is 21.9. The molecule has 0 aliphatic carbocycles. The highest BCUT2D eigenvalue weighted by atomic mass is 16.3. The molecule has 1 saturated heterocycles. The van der Waals surface area contributed by atoms with E-state index in [1.54, 1.807) is 0 Å². The minimum absolute atomic E-state index is 0.121. The zero-order valence-corrected chi connectivity index (χ0v) is 11.0. The van der Waals surface area contributed by atoms with Crippen molar-refractivity contribution in [2.75, 3.05) is 31.6 Å². The van der Waals surface area contributed by atoms with Gasteiger partial charge in [0.05, 0.1) is 6.61 Å². The molecular formula is C14H22N2O. The molecule has 1 aliphatic rings. The number of nitrogens with zero attached hydrogens (tertiary/aromatic N) is 2. The van der Waals surface area contributed by atoms with Crippen molar-refractivity contribution >= 4 is 5.69 Å². The maximum Gasteiger partial charge on any atom is 0.0702 e. The van der Waals surface area contributed by atoms with Crippen LogP contribution in [0.25, 0.3) is 0 Å². The monoisotopic (exact) mass is 234 g/mol. The summed E-state index contributed by atoms with van der Waals surface area (Å²) in [4.78, 5) is 4.76. The van der Waals surface area contributed by atoms with Crippen LogP contribution in [0.5, 0.6) is 0 Å². The number of aliphatic hydroxyl groups excluding tert-OH is 1. The molecule has 1 aromatic rings. The van der Waals surface area contributed by atoms with Gasteiger partial charge in [-0.1, -0.05) is 17.7 Å². The molecular weight excluding hydrogens is 212 g/mol. The standard InChI is InChI=1S/C14H22N2O/c1-11-4-5-14(13(8-11)10-17)16-7-6-15(3)9-12(16)2/h4-5,8,12,17H,6-7,9-10H2,1-3H3. The Balaban J connectivity index is 2.27. The van der Waals surface area contributed by atoms with E-state index in [4.69, 9.17) is 0 Å². The summed E-state index contributed by atoms with van der Waals surface area (Å²) in [5.41, 5.74) is 3.44. The molecule has 1 aromatic carbocycles. The highest BCUT2D eigenvalue weighted by molar-refractivity contribution is 5.56. The molecule has 3 nitrogen and oxygen atoms in total. The largest absolute Gasteiger partial charge is 0.392 e. The summed E-state index contributed by atoms with van der Waals surface area (Å²) >= 11 is 0. The topological polar surface area (TPSA) is 26.7 Å². The second-order valence-electron chi connectivity index (χ2n) is 5.09. The third-order valence-electron chi connectivity index (χ3n) is 3.55. The van der Waals surface area contributed by atoms with Gasteiger partial charge in [0.1, 0.15) is 0 Å². The first kappa shape index (κ1) is 12.4. The number of anilines is 1. The molecule has 94 valence electrons. The van der Waals surface area contributed by atoms with Gasteiger partial charge in [-0.25, -0.2) is 0 Å². The molecule has 3 heteroatoms. The summed E-state index contributed by atoms with van der Waals surface area (Å²) in [6.45, 7) is 7.64. The lowest BCUT2D eigenvalue weighted by Crippen LogP contribution is -2.50. The Labute approximate surface area is 104 Å². The van der Waals surface area contributed by atoms with Crippen LogP contribution in [-0.2, 0) is 6.61 Å². The van der Waals surface area contributed by atoms with E-state index in [9.17, 15) is 5.11 Å². The van der Waals surface area contributed by atoms with Crippen LogP contribution < -0.4 is 4.90 Å². The van der Waals surface area contributed by atoms with Crippen molar-refractivity contribution in [2.24, 2.45) is 0 Å². The second kappa shape index (κ2) is 5.07. The van der Waals surface area contributed by atoms with Crippen LogP contribution in [0, 0.1) is 6.92 Å². The van der Waals surface area contributed by atoms with Crippen LogP contribution in [0.15, 0.2) is 18.2 Å². The molecule has 1 unspecified atom stereocenters. The lowest BCUT2D eigenvalue weighted by atomic mass is 10.1. The van der Waals surface area contributed by atoms with Crippen molar-refractivity contribution in [3.8, 4) is 0 Å². The summed E-state index contributed by atoms with van der Waals surface area (Å²) in [5.74, 6) is 0. The molecule has 1 aliphatic heterocycles. The number of aryl methyl sites for hydroxylation is 1. The van der Waals surface area contributed by atoms with Crippen LogP contribution in [0.1, 0.15) is 18.1 Å². The number of rotatable bonds is 2. The predicted molar refractivity (Wildman–Crippen MR) is 71.4 cm³/mol. The van der Waals surface area contributed by atoms with Crippen LogP contribution in [0.2, 0.25) is 0 Å². The Morgan fingerprint density at radius 1 is 1.35 bits per heavy atom. The van der Waals surface area contributed by atoms with Gasteiger partial charge in [-0.15, -0.1) is 0 Å². The van der Waals surface area contributed by atoms with E-state index >= 15 is 0 Å². The first-order valence-electron chi connectivity index (χ1n) is 6.27. The molecule has 17 heavy (non-hydrogen) atoms. The Morgan fingerprint density at radius 3 is 2.76 bits per heavy atom. The minimum atomic E-state index is 0.121. The summed E-state index contributed by atoms with van der Waals surface area (Å²) < 4.78 is 0. The number of hydrogen-bond donors (Lipinski definition) is 1. The maximum absolute atomic E-state index is 9.47. The highest BCUT2D eigenvalue weighted by Crippen LogP contribution is 2.25. The van der Waals surface area contributed by atoms with Crippen molar-refractivity contribution in [3.05, 3.63) is 29.3 Å². The predicted octanol–water partition coefficient (Wildman–Crippen LogP) is 1.63. The van der Waals surface area contributed by atoms with Gasteiger partial charge in [-0.05, 0) is 27.0 Å². The molecule has 0 saturated carbocycles. The number of piperazine rings is 1. The molecule has 0 bridgehead atoms. The Hall–Kier alpha value is -1.06. The fraction of sp³-hybridized carbons (Fsp3) is 0.571. The van der Waals surface area contributed by atoms with Gasteiger partial charge in [-0.3, -0.25) is 0 Å². The van der Waals surface area contributed by atoms with Crippen molar-refractivity contribution in [1.29, 1.82) is 0 Å². The van der Waals surface area contributed by atoms with Gasteiger partial charge in [0, 0.05) is 36.9 Å². The van der Waals surface area contributed by atoms with Crippen molar-refractivity contribution in [3.63, 3.8) is 0 Å². The van der Waals surface area contributed by atoms with E-state index in [1.807, 2.05) is 0 Å². The molecule has 1 fully saturated rings. The molecule has 0 aromatic heterocycles. The first-order chi connectivity index (χ1) is 8.11. The summed E-state index contributed by atoms with van der Waals surface area (Å²) in [6.07, 6.45) is 0. The van der Waals surface area contributed by atoms with E-state index in [0.717, 1.165) is 25.2 Å². The van der Waals surface area contributed by atoms with Crippen molar-refractivity contribution in [2.45, 2.75) is 26.5 Å². The van der Waals surface area contributed by atoms with E-state index in [2.05, 4.69) is 48.9 Å². The van der Waals surface area contributed by atoms with Crippen LogP contribution in [0.3, 0.4) is 0 Å². The maximum atomic E-state index is 9.47.